The SMILES string of the molecule is COC(=O)CN1CC(C)=C2N(Cc3ccc(Cl)nc3)CCN2C1. The first-order valence-electron chi connectivity index (χ1n) is 7.66. The van der Waals surface area contributed by atoms with Crippen molar-refractivity contribution < 1.29 is 9.53 Å². The predicted molar refractivity (Wildman–Crippen MR) is 87.5 cm³/mol. The van der Waals surface area contributed by atoms with Gasteiger partial charge in [-0.2, -0.15) is 0 Å². The summed E-state index contributed by atoms with van der Waals surface area (Å²) in [4.78, 5) is 22.4. The first-order chi connectivity index (χ1) is 11.1. The zero-order chi connectivity index (χ0) is 16.4. The summed E-state index contributed by atoms with van der Waals surface area (Å²) in [5.41, 5.74) is 2.42. The predicted octanol–water partition coefficient (Wildman–Crippen LogP) is 1.53. The van der Waals surface area contributed by atoms with Crippen molar-refractivity contribution in [2.45, 2.75) is 13.5 Å². The number of halogens is 1. The van der Waals surface area contributed by atoms with Crippen LogP contribution >= 0.6 is 11.6 Å². The number of pyridine rings is 1. The summed E-state index contributed by atoms with van der Waals surface area (Å²) in [6.07, 6.45) is 1.83. The van der Waals surface area contributed by atoms with Crippen molar-refractivity contribution in [3.63, 3.8) is 0 Å². The molecule has 1 saturated heterocycles. The van der Waals surface area contributed by atoms with Crippen LogP contribution in [0.4, 0.5) is 0 Å². The Hall–Kier alpha value is -1.79. The number of fused-ring (bicyclic) bond motifs is 1. The molecule has 0 atom stereocenters. The highest BCUT2D eigenvalue weighted by atomic mass is 35.5. The summed E-state index contributed by atoms with van der Waals surface area (Å²) in [5.74, 6) is 1.09. The van der Waals surface area contributed by atoms with Crippen molar-refractivity contribution in [2.24, 2.45) is 0 Å². The Morgan fingerprint density at radius 2 is 2.22 bits per heavy atom. The molecular weight excluding hydrogens is 316 g/mol. The number of methoxy groups -OCH3 is 1. The van der Waals surface area contributed by atoms with Gasteiger partial charge >= 0.3 is 5.97 Å². The number of hydrogen-bond acceptors (Lipinski definition) is 6. The minimum absolute atomic E-state index is 0.190. The molecule has 3 rings (SSSR count). The summed E-state index contributed by atoms with van der Waals surface area (Å²) in [5, 5.41) is 0.517. The minimum Gasteiger partial charge on any atom is -0.468 e. The Morgan fingerprint density at radius 3 is 2.91 bits per heavy atom. The van der Waals surface area contributed by atoms with Gasteiger partial charge in [0.15, 0.2) is 0 Å². The fourth-order valence-electron chi connectivity index (χ4n) is 3.26. The third kappa shape index (κ3) is 3.59. The van der Waals surface area contributed by atoms with E-state index in [1.807, 2.05) is 18.3 Å². The van der Waals surface area contributed by atoms with E-state index in [0.29, 0.717) is 11.7 Å². The van der Waals surface area contributed by atoms with E-state index in [1.165, 1.54) is 18.5 Å². The van der Waals surface area contributed by atoms with Gasteiger partial charge in [-0.05, 0) is 24.1 Å². The number of esters is 1. The summed E-state index contributed by atoms with van der Waals surface area (Å²) in [6.45, 7) is 6.77. The van der Waals surface area contributed by atoms with Crippen LogP contribution < -0.4 is 0 Å². The molecule has 1 aromatic heterocycles. The molecule has 0 unspecified atom stereocenters. The molecular formula is C16H21ClN4O2. The van der Waals surface area contributed by atoms with E-state index >= 15 is 0 Å². The zero-order valence-corrected chi connectivity index (χ0v) is 14.2. The summed E-state index contributed by atoms with van der Waals surface area (Å²) in [7, 11) is 1.43. The maximum Gasteiger partial charge on any atom is 0.319 e. The number of carbonyl (C=O) groups is 1. The van der Waals surface area contributed by atoms with Gasteiger partial charge in [0.1, 0.15) is 11.0 Å². The van der Waals surface area contributed by atoms with Crippen LogP contribution in [0.2, 0.25) is 5.15 Å². The Labute approximate surface area is 141 Å². The molecule has 2 aliphatic heterocycles. The molecule has 0 radical (unpaired) electrons. The average Bonchev–Trinajstić information content (AvgIpc) is 2.93. The number of hydrogen-bond donors (Lipinski definition) is 0. The lowest BCUT2D eigenvalue weighted by molar-refractivity contribution is -0.142. The van der Waals surface area contributed by atoms with Crippen LogP contribution in [0.3, 0.4) is 0 Å². The van der Waals surface area contributed by atoms with Gasteiger partial charge in [0, 0.05) is 32.4 Å². The standard InChI is InChI=1S/C16H21ClN4O2/c1-12-8-19(10-15(22)23-2)11-21-6-5-20(16(12)21)9-13-3-4-14(17)18-7-13/h3-4,7H,5-6,8-11H2,1-2H3. The Morgan fingerprint density at radius 1 is 1.39 bits per heavy atom. The molecule has 124 valence electrons. The molecule has 0 aromatic carbocycles. The van der Waals surface area contributed by atoms with Gasteiger partial charge < -0.3 is 14.5 Å². The molecule has 1 fully saturated rings. The van der Waals surface area contributed by atoms with E-state index in [4.69, 9.17) is 16.3 Å². The van der Waals surface area contributed by atoms with Crippen LogP contribution in [0.5, 0.6) is 0 Å². The molecule has 2 aliphatic rings. The van der Waals surface area contributed by atoms with Crippen LogP contribution in [0.25, 0.3) is 0 Å². The molecule has 0 aliphatic carbocycles. The first kappa shape index (κ1) is 16.1. The van der Waals surface area contributed by atoms with Crippen molar-refractivity contribution in [3.8, 4) is 0 Å². The van der Waals surface area contributed by atoms with Gasteiger partial charge in [0.2, 0.25) is 0 Å². The Balaban J connectivity index is 1.70. The van der Waals surface area contributed by atoms with Gasteiger partial charge in [0.25, 0.3) is 0 Å². The van der Waals surface area contributed by atoms with Crippen LogP contribution in [0.15, 0.2) is 29.7 Å². The zero-order valence-electron chi connectivity index (χ0n) is 13.5. The average molecular weight is 337 g/mol. The molecule has 3 heterocycles. The van der Waals surface area contributed by atoms with Crippen molar-refractivity contribution >= 4 is 17.6 Å². The van der Waals surface area contributed by atoms with E-state index < -0.39 is 0 Å². The molecule has 23 heavy (non-hydrogen) atoms. The molecule has 0 amide bonds. The third-order valence-corrected chi connectivity index (χ3v) is 4.42. The van der Waals surface area contributed by atoms with Gasteiger partial charge in [-0.25, -0.2) is 4.98 Å². The van der Waals surface area contributed by atoms with E-state index in [9.17, 15) is 4.79 Å². The lowest BCUT2D eigenvalue weighted by atomic mass is 10.2. The van der Waals surface area contributed by atoms with Gasteiger partial charge in [-0.3, -0.25) is 9.69 Å². The van der Waals surface area contributed by atoms with Gasteiger partial charge in [-0.15, -0.1) is 0 Å². The molecule has 0 bridgehead atoms. The highest BCUT2D eigenvalue weighted by molar-refractivity contribution is 6.29. The molecule has 7 heteroatoms. The van der Waals surface area contributed by atoms with E-state index in [1.54, 1.807) is 0 Å². The highest BCUT2D eigenvalue weighted by Crippen LogP contribution is 2.28. The van der Waals surface area contributed by atoms with Crippen LogP contribution in [0.1, 0.15) is 12.5 Å². The van der Waals surface area contributed by atoms with Crippen LogP contribution in [-0.2, 0) is 16.1 Å². The van der Waals surface area contributed by atoms with Crippen molar-refractivity contribution in [1.82, 2.24) is 19.7 Å². The summed E-state index contributed by atoms with van der Waals surface area (Å²) in [6, 6.07) is 3.84. The lowest BCUT2D eigenvalue weighted by Crippen LogP contribution is -2.45. The van der Waals surface area contributed by atoms with Crippen molar-refractivity contribution in [2.75, 3.05) is 40.0 Å². The third-order valence-electron chi connectivity index (χ3n) is 4.19. The quantitative estimate of drug-likeness (QED) is 0.614. The van der Waals surface area contributed by atoms with Gasteiger partial charge in [-0.1, -0.05) is 17.7 Å². The second kappa shape index (κ2) is 6.76. The fraction of sp³-hybridized carbons (Fsp3) is 0.500. The molecule has 0 spiro atoms. The minimum atomic E-state index is -0.190. The lowest BCUT2D eigenvalue weighted by Gasteiger charge is -2.37. The van der Waals surface area contributed by atoms with Crippen LogP contribution in [-0.4, -0.2) is 65.6 Å². The Kier molecular flexibility index (Phi) is 4.73. The van der Waals surface area contributed by atoms with E-state index in [-0.39, 0.29) is 5.97 Å². The second-order valence-electron chi connectivity index (χ2n) is 5.98. The summed E-state index contributed by atoms with van der Waals surface area (Å²) >= 11 is 5.85. The summed E-state index contributed by atoms with van der Waals surface area (Å²) < 4.78 is 4.77. The molecule has 1 aromatic rings. The topological polar surface area (TPSA) is 48.9 Å². The normalized spacial score (nSPS) is 18.4. The first-order valence-corrected chi connectivity index (χ1v) is 8.04. The maximum absolute atomic E-state index is 11.5. The van der Waals surface area contributed by atoms with Crippen molar-refractivity contribution in [1.29, 1.82) is 0 Å². The largest absolute Gasteiger partial charge is 0.468 e. The highest BCUT2D eigenvalue weighted by Gasteiger charge is 2.32. The number of ether oxygens (including phenoxy) is 1. The monoisotopic (exact) mass is 336 g/mol. The fourth-order valence-corrected chi connectivity index (χ4v) is 3.37. The number of nitrogens with zero attached hydrogens (tertiary/aromatic N) is 4. The van der Waals surface area contributed by atoms with Crippen molar-refractivity contribution in [3.05, 3.63) is 40.4 Å². The van der Waals surface area contributed by atoms with Crippen LogP contribution in [0, 0.1) is 0 Å². The smallest absolute Gasteiger partial charge is 0.319 e. The molecule has 6 nitrogen and oxygen atoms in total. The van der Waals surface area contributed by atoms with Gasteiger partial charge in [0.05, 0.1) is 20.3 Å². The second-order valence-corrected chi connectivity index (χ2v) is 6.37. The molecule has 0 saturated carbocycles. The van der Waals surface area contributed by atoms with E-state index in [2.05, 4.69) is 26.6 Å². The number of rotatable bonds is 4. The Bertz CT molecular complexity index is 617. The maximum atomic E-state index is 11.5. The number of aromatic nitrogens is 1. The number of carbonyl (C=O) groups excluding carboxylic acids is 1. The van der Waals surface area contributed by atoms with E-state index in [0.717, 1.165) is 38.4 Å². The molecule has 0 N–H and O–H groups in total.